The zero-order valence-corrected chi connectivity index (χ0v) is 18.6. The summed E-state index contributed by atoms with van der Waals surface area (Å²) in [7, 11) is 0. The summed E-state index contributed by atoms with van der Waals surface area (Å²) in [6, 6.07) is 13.8. The molecule has 0 aliphatic carbocycles. The number of nitrogens with one attached hydrogen (secondary N) is 1. The van der Waals surface area contributed by atoms with Crippen molar-refractivity contribution < 1.29 is 9.59 Å². The Morgan fingerprint density at radius 1 is 1.09 bits per heavy atom. The molecule has 1 atom stereocenters. The monoisotopic (exact) mass is 428 g/mol. The number of imidazole rings is 1. The van der Waals surface area contributed by atoms with Crippen LogP contribution in [-0.2, 0) is 22.6 Å². The third kappa shape index (κ3) is 3.81. The molecule has 1 saturated heterocycles. The van der Waals surface area contributed by atoms with Crippen LogP contribution < -0.4 is 10.2 Å². The number of para-hydroxylation sites is 1. The molecule has 1 fully saturated rings. The van der Waals surface area contributed by atoms with Crippen LogP contribution in [0.5, 0.6) is 0 Å². The summed E-state index contributed by atoms with van der Waals surface area (Å²) in [5, 5.41) is 3.08. The number of amides is 2. The molecule has 164 valence electrons. The van der Waals surface area contributed by atoms with E-state index < -0.39 is 0 Å². The number of aromatic nitrogens is 2. The maximum Gasteiger partial charge on any atom is 0.229 e. The second-order valence-electron chi connectivity index (χ2n) is 8.90. The summed E-state index contributed by atoms with van der Waals surface area (Å²) in [6.45, 7) is 5.48. The number of carbonyl (C=O) groups is 2. The van der Waals surface area contributed by atoms with E-state index in [1.807, 2.05) is 49.4 Å². The second-order valence-corrected chi connectivity index (χ2v) is 8.90. The van der Waals surface area contributed by atoms with Crippen molar-refractivity contribution in [3.05, 3.63) is 65.6 Å². The number of carbonyl (C=O) groups excluding carboxylic acids is 2. The molecule has 0 spiro atoms. The molecule has 1 N–H and O–H groups in total. The van der Waals surface area contributed by atoms with Crippen LogP contribution in [0.4, 0.5) is 11.4 Å². The van der Waals surface area contributed by atoms with Gasteiger partial charge in [0.25, 0.3) is 0 Å². The minimum Gasteiger partial charge on any atom is -0.334 e. The Morgan fingerprint density at radius 2 is 1.94 bits per heavy atom. The number of aryl methyl sites for hydroxylation is 4. The van der Waals surface area contributed by atoms with Gasteiger partial charge in [-0.25, -0.2) is 4.98 Å². The molecule has 0 saturated carbocycles. The zero-order chi connectivity index (χ0) is 22.2. The highest BCUT2D eigenvalue weighted by Gasteiger charge is 2.35. The molecule has 2 amide bonds. The molecule has 0 radical (unpaired) electrons. The Balaban J connectivity index is 1.34. The first-order valence-electron chi connectivity index (χ1n) is 11.3. The average Bonchev–Trinajstić information content (AvgIpc) is 3.40. The van der Waals surface area contributed by atoms with Gasteiger partial charge in [-0.3, -0.25) is 9.59 Å². The molecule has 2 aliphatic heterocycles. The van der Waals surface area contributed by atoms with Gasteiger partial charge in [0.2, 0.25) is 11.8 Å². The highest BCUT2D eigenvalue weighted by atomic mass is 16.2. The molecule has 2 aromatic carbocycles. The van der Waals surface area contributed by atoms with Gasteiger partial charge in [-0.15, -0.1) is 0 Å². The molecule has 1 unspecified atom stereocenters. The van der Waals surface area contributed by atoms with Gasteiger partial charge < -0.3 is 14.8 Å². The summed E-state index contributed by atoms with van der Waals surface area (Å²) in [4.78, 5) is 32.3. The fraction of sp³-hybridized carbons (Fsp3) is 0.346. The van der Waals surface area contributed by atoms with E-state index >= 15 is 0 Å². The lowest BCUT2D eigenvalue weighted by Crippen LogP contribution is -2.28. The predicted octanol–water partition coefficient (Wildman–Crippen LogP) is 4.49. The van der Waals surface area contributed by atoms with Crippen molar-refractivity contribution in [3.8, 4) is 11.3 Å². The minimum absolute atomic E-state index is 0.0107. The van der Waals surface area contributed by atoms with Crippen molar-refractivity contribution in [1.29, 1.82) is 0 Å². The van der Waals surface area contributed by atoms with Gasteiger partial charge in [-0.05, 0) is 56.0 Å². The average molecular weight is 429 g/mol. The maximum absolute atomic E-state index is 13.1. The third-order valence-corrected chi connectivity index (χ3v) is 6.67. The maximum atomic E-state index is 13.1. The minimum atomic E-state index is -0.382. The van der Waals surface area contributed by atoms with Crippen molar-refractivity contribution in [2.75, 3.05) is 16.8 Å². The van der Waals surface area contributed by atoms with E-state index in [0.29, 0.717) is 6.54 Å². The molecule has 5 rings (SSSR count). The van der Waals surface area contributed by atoms with Crippen LogP contribution >= 0.6 is 0 Å². The lowest BCUT2D eigenvalue weighted by Gasteiger charge is -2.18. The number of hydrogen-bond donors (Lipinski definition) is 1. The lowest BCUT2D eigenvalue weighted by atomic mass is 10.1. The molecule has 6 nitrogen and oxygen atoms in total. The van der Waals surface area contributed by atoms with E-state index in [1.54, 1.807) is 4.90 Å². The number of benzene rings is 2. The van der Waals surface area contributed by atoms with Gasteiger partial charge in [0.1, 0.15) is 5.82 Å². The molecule has 32 heavy (non-hydrogen) atoms. The van der Waals surface area contributed by atoms with E-state index in [4.69, 9.17) is 4.98 Å². The topological polar surface area (TPSA) is 67.2 Å². The van der Waals surface area contributed by atoms with Crippen LogP contribution in [-0.4, -0.2) is 27.9 Å². The van der Waals surface area contributed by atoms with E-state index in [9.17, 15) is 9.59 Å². The summed E-state index contributed by atoms with van der Waals surface area (Å²) in [6.07, 6.45) is 5.64. The van der Waals surface area contributed by atoms with Crippen molar-refractivity contribution >= 4 is 23.2 Å². The number of anilines is 2. The summed E-state index contributed by atoms with van der Waals surface area (Å²) < 4.78 is 2.22. The highest BCUT2D eigenvalue weighted by molar-refractivity contribution is 6.04. The molecule has 6 heteroatoms. The van der Waals surface area contributed by atoms with Crippen molar-refractivity contribution in [1.82, 2.24) is 9.55 Å². The van der Waals surface area contributed by atoms with Gasteiger partial charge in [0, 0.05) is 43.4 Å². The summed E-state index contributed by atoms with van der Waals surface area (Å²) in [5.41, 5.74) is 5.73. The number of fused-ring (bicyclic) bond motifs is 1. The van der Waals surface area contributed by atoms with Crippen molar-refractivity contribution in [2.45, 2.75) is 46.1 Å². The molecule has 2 aliphatic rings. The molecule has 1 aromatic heterocycles. The van der Waals surface area contributed by atoms with Crippen LogP contribution in [0.15, 0.2) is 48.7 Å². The van der Waals surface area contributed by atoms with Crippen LogP contribution in [0.2, 0.25) is 0 Å². The van der Waals surface area contributed by atoms with Crippen molar-refractivity contribution in [2.24, 2.45) is 5.92 Å². The van der Waals surface area contributed by atoms with Crippen LogP contribution in [0, 0.1) is 19.8 Å². The smallest absolute Gasteiger partial charge is 0.229 e. The largest absolute Gasteiger partial charge is 0.334 e. The molecular weight excluding hydrogens is 400 g/mol. The highest BCUT2D eigenvalue weighted by Crippen LogP contribution is 2.31. The lowest BCUT2D eigenvalue weighted by molar-refractivity contribution is -0.122. The number of nitrogens with zero attached hydrogens (tertiary/aromatic N) is 3. The van der Waals surface area contributed by atoms with Gasteiger partial charge in [-0.1, -0.05) is 24.3 Å². The Hall–Kier alpha value is -3.41. The van der Waals surface area contributed by atoms with Gasteiger partial charge >= 0.3 is 0 Å². The number of hydrogen-bond acceptors (Lipinski definition) is 3. The Morgan fingerprint density at radius 3 is 2.75 bits per heavy atom. The Labute approximate surface area is 188 Å². The summed E-state index contributed by atoms with van der Waals surface area (Å²) in [5.74, 6) is 0.592. The van der Waals surface area contributed by atoms with E-state index in [1.165, 1.54) is 18.4 Å². The first-order chi connectivity index (χ1) is 15.5. The normalized spacial score (nSPS) is 18.0. The fourth-order valence-corrected chi connectivity index (χ4v) is 4.62. The van der Waals surface area contributed by atoms with Crippen molar-refractivity contribution in [3.63, 3.8) is 0 Å². The van der Waals surface area contributed by atoms with Gasteiger partial charge in [0.05, 0.1) is 17.3 Å². The third-order valence-electron chi connectivity index (χ3n) is 6.67. The quantitative estimate of drug-likeness (QED) is 0.666. The summed E-state index contributed by atoms with van der Waals surface area (Å²) >= 11 is 0. The fourth-order valence-electron chi connectivity index (χ4n) is 4.62. The van der Waals surface area contributed by atoms with Crippen LogP contribution in [0.25, 0.3) is 11.3 Å². The first kappa shape index (κ1) is 20.5. The predicted molar refractivity (Wildman–Crippen MR) is 126 cm³/mol. The molecule has 3 aromatic rings. The van der Waals surface area contributed by atoms with Crippen LogP contribution in [0.3, 0.4) is 0 Å². The van der Waals surface area contributed by atoms with Gasteiger partial charge in [-0.2, -0.15) is 0 Å². The SMILES string of the molecule is Cc1ccc(N2CC(C(=O)Nc3ccccc3-c3cn4c(n3)CCCC4)CC2=O)cc1C. The van der Waals surface area contributed by atoms with E-state index in [2.05, 4.69) is 23.0 Å². The van der Waals surface area contributed by atoms with Gasteiger partial charge in [0.15, 0.2) is 0 Å². The first-order valence-corrected chi connectivity index (χ1v) is 11.3. The molecular formula is C26H28N4O2. The van der Waals surface area contributed by atoms with E-state index in [0.717, 1.165) is 47.0 Å². The second kappa shape index (κ2) is 8.26. The Kier molecular flexibility index (Phi) is 5.29. The number of rotatable bonds is 4. The molecule has 0 bridgehead atoms. The Bertz CT molecular complexity index is 1170. The van der Waals surface area contributed by atoms with E-state index in [-0.39, 0.29) is 24.2 Å². The zero-order valence-electron chi connectivity index (χ0n) is 18.6. The molecule has 3 heterocycles. The van der Waals surface area contributed by atoms with Crippen LogP contribution in [0.1, 0.15) is 36.2 Å². The standard InChI is InChI=1S/C26H28N4O2/c1-17-10-11-20(13-18(17)2)30-15-19(14-25(30)31)26(32)28-22-8-4-3-7-21(22)23-16-29-12-6-5-9-24(29)27-23/h3-4,7-8,10-11,13,16,19H,5-6,9,12,14-15H2,1-2H3,(H,28,32).